The molecule has 0 aliphatic heterocycles. The largest absolute Gasteiger partial charge is 0.385 e. The number of aliphatic hydroxyl groups is 1. The van der Waals surface area contributed by atoms with Gasteiger partial charge in [-0.3, -0.25) is 0 Å². The summed E-state index contributed by atoms with van der Waals surface area (Å²) in [6.07, 6.45) is 11.3. The van der Waals surface area contributed by atoms with Crippen molar-refractivity contribution in [3.8, 4) is 0 Å². The highest BCUT2D eigenvalue weighted by atomic mass is 79.9. The second-order valence-corrected chi connectivity index (χ2v) is 6.92. The molecule has 0 bridgehead atoms. The fourth-order valence-electron chi connectivity index (χ4n) is 2.57. The molecule has 0 aliphatic rings. The molecule has 1 atom stereocenters. The first-order valence-electron chi connectivity index (χ1n) is 8.04. The number of hydrogen-bond acceptors (Lipinski definition) is 1. The summed E-state index contributed by atoms with van der Waals surface area (Å²) >= 11 is 3.47. The van der Waals surface area contributed by atoms with E-state index >= 15 is 0 Å². The summed E-state index contributed by atoms with van der Waals surface area (Å²) in [5.41, 5.74) is 0.307. The smallest absolute Gasteiger partial charge is 0.0868 e. The quantitative estimate of drug-likeness (QED) is 0.503. The Morgan fingerprint density at radius 2 is 1.60 bits per heavy atom. The van der Waals surface area contributed by atoms with Gasteiger partial charge in [0.2, 0.25) is 0 Å². The third-order valence-corrected chi connectivity index (χ3v) is 4.46. The number of hydrogen-bond donors (Lipinski definition) is 1. The van der Waals surface area contributed by atoms with E-state index in [1.54, 1.807) is 0 Å². The van der Waals surface area contributed by atoms with Crippen LogP contribution in [0.4, 0.5) is 0 Å². The third-order valence-electron chi connectivity index (χ3n) is 3.96. The van der Waals surface area contributed by atoms with Crippen LogP contribution in [-0.4, -0.2) is 5.11 Å². The number of unbranched alkanes of at least 4 members (excludes halogenated alkanes) is 7. The maximum Gasteiger partial charge on any atom is 0.0868 e. The van der Waals surface area contributed by atoms with Crippen LogP contribution in [0.5, 0.6) is 0 Å². The average Bonchev–Trinajstić information content (AvgIpc) is 2.42. The first-order chi connectivity index (χ1) is 9.56. The highest BCUT2D eigenvalue weighted by Crippen LogP contribution is 2.28. The van der Waals surface area contributed by atoms with Gasteiger partial charge in [-0.05, 0) is 31.0 Å². The summed E-state index contributed by atoms with van der Waals surface area (Å²) in [6.45, 7) is 4.18. The summed E-state index contributed by atoms with van der Waals surface area (Å²) in [5, 5.41) is 10.6. The van der Waals surface area contributed by atoms with E-state index in [1.165, 1.54) is 44.9 Å². The zero-order chi connectivity index (χ0) is 14.8. The summed E-state index contributed by atoms with van der Waals surface area (Å²) < 4.78 is 1.03. The number of benzene rings is 1. The van der Waals surface area contributed by atoms with Crippen LogP contribution >= 0.6 is 15.9 Å². The molecule has 0 saturated heterocycles. The normalized spacial score (nSPS) is 14.2. The maximum absolute atomic E-state index is 10.6. The van der Waals surface area contributed by atoms with Gasteiger partial charge in [-0.15, -0.1) is 0 Å². The van der Waals surface area contributed by atoms with Crippen molar-refractivity contribution in [3.05, 3.63) is 34.3 Å². The van der Waals surface area contributed by atoms with Crippen LogP contribution < -0.4 is 0 Å². The number of rotatable bonds is 10. The second-order valence-electron chi connectivity index (χ2n) is 6.01. The summed E-state index contributed by atoms with van der Waals surface area (Å²) in [5.74, 6) is 0. The summed E-state index contributed by atoms with van der Waals surface area (Å²) in [6, 6.07) is 8.01. The first-order valence-corrected chi connectivity index (χ1v) is 8.84. The molecule has 0 radical (unpaired) electrons. The fourth-order valence-corrected chi connectivity index (χ4v) is 2.97. The van der Waals surface area contributed by atoms with E-state index in [9.17, 15) is 5.11 Å². The zero-order valence-electron chi connectivity index (χ0n) is 13.0. The van der Waals surface area contributed by atoms with Crippen LogP contribution in [0, 0.1) is 0 Å². The third kappa shape index (κ3) is 6.90. The van der Waals surface area contributed by atoms with Crippen LogP contribution in [-0.2, 0) is 5.60 Å². The van der Waals surface area contributed by atoms with Gasteiger partial charge in [-0.1, -0.05) is 86.4 Å². The van der Waals surface area contributed by atoms with Gasteiger partial charge in [0.25, 0.3) is 0 Å². The standard InChI is InChI=1S/C18H29BrO/c1-3-4-5-6-7-8-9-10-14-18(2,20)16-12-11-13-17(19)15-16/h11-13,15,20H,3-10,14H2,1-2H3. The van der Waals surface area contributed by atoms with E-state index < -0.39 is 5.60 Å². The van der Waals surface area contributed by atoms with Crippen molar-refractivity contribution in [2.24, 2.45) is 0 Å². The van der Waals surface area contributed by atoms with Gasteiger partial charge in [0.15, 0.2) is 0 Å². The SMILES string of the molecule is CCCCCCCCCCC(C)(O)c1cccc(Br)c1. The molecule has 0 heterocycles. The molecule has 0 amide bonds. The Bertz CT molecular complexity index is 373. The zero-order valence-corrected chi connectivity index (χ0v) is 14.6. The Morgan fingerprint density at radius 1 is 1.00 bits per heavy atom. The van der Waals surface area contributed by atoms with E-state index in [1.807, 2.05) is 31.2 Å². The van der Waals surface area contributed by atoms with Gasteiger partial charge >= 0.3 is 0 Å². The van der Waals surface area contributed by atoms with E-state index in [4.69, 9.17) is 0 Å². The molecule has 1 aromatic carbocycles. The van der Waals surface area contributed by atoms with Gasteiger partial charge in [0.05, 0.1) is 5.60 Å². The van der Waals surface area contributed by atoms with Crippen LogP contribution in [0.2, 0.25) is 0 Å². The predicted octanol–water partition coefficient (Wildman–Crippen LogP) is 6.19. The monoisotopic (exact) mass is 340 g/mol. The molecule has 1 aromatic rings. The maximum atomic E-state index is 10.6. The molecule has 0 aliphatic carbocycles. The van der Waals surface area contributed by atoms with Crippen molar-refractivity contribution in [2.75, 3.05) is 0 Å². The van der Waals surface area contributed by atoms with Crippen LogP contribution in [0.3, 0.4) is 0 Å². The molecule has 0 fully saturated rings. The summed E-state index contributed by atoms with van der Waals surface area (Å²) in [4.78, 5) is 0. The van der Waals surface area contributed by atoms with Gasteiger partial charge in [-0.25, -0.2) is 0 Å². The molecule has 0 saturated carbocycles. The molecule has 20 heavy (non-hydrogen) atoms. The van der Waals surface area contributed by atoms with Crippen molar-refractivity contribution in [3.63, 3.8) is 0 Å². The van der Waals surface area contributed by atoms with E-state index in [-0.39, 0.29) is 0 Å². The van der Waals surface area contributed by atoms with Gasteiger partial charge in [0.1, 0.15) is 0 Å². The minimum absolute atomic E-state index is 0.702. The fraction of sp³-hybridized carbons (Fsp3) is 0.667. The van der Waals surface area contributed by atoms with Crippen molar-refractivity contribution < 1.29 is 5.11 Å². The van der Waals surface area contributed by atoms with Crippen molar-refractivity contribution >= 4 is 15.9 Å². The average molecular weight is 341 g/mol. The Morgan fingerprint density at radius 3 is 2.20 bits per heavy atom. The second kappa shape index (κ2) is 9.57. The lowest BCUT2D eigenvalue weighted by atomic mass is 9.90. The molecule has 0 spiro atoms. The molecule has 1 rings (SSSR count). The van der Waals surface area contributed by atoms with Crippen molar-refractivity contribution in [1.82, 2.24) is 0 Å². The molecular weight excluding hydrogens is 312 g/mol. The van der Waals surface area contributed by atoms with E-state index in [0.717, 1.165) is 22.9 Å². The topological polar surface area (TPSA) is 20.2 Å². The molecule has 1 nitrogen and oxygen atoms in total. The minimum Gasteiger partial charge on any atom is -0.385 e. The highest BCUT2D eigenvalue weighted by Gasteiger charge is 2.22. The molecular formula is C18H29BrO. The Hall–Kier alpha value is -0.340. The molecule has 2 heteroatoms. The first kappa shape index (κ1) is 17.7. The predicted molar refractivity (Wildman–Crippen MR) is 90.9 cm³/mol. The van der Waals surface area contributed by atoms with Crippen LogP contribution in [0.1, 0.15) is 77.2 Å². The molecule has 114 valence electrons. The highest BCUT2D eigenvalue weighted by molar-refractivity contribution is 9.10. The van der Waals surface area contributed by atoms with Crippen molar-refractivity contribution in [1.29, 1.82) is 0 Å². The van der Waals surface area contributed by atoms with Gasteiger partial charge in [0, 0.05) is 4.47 Å². The minimum atomic E-state index is -0.702. The van der Waals surface area contributed by atoms with Gasteiger partial charge < -0.3 is 5.11 Å². The van der Waals surface area contributed by atoms with Crippen molar-refractivity contribution in [2.45, 2.75) is 77.2 Å². The van der Waals surface area contributed by atoms with Crippen LogP contribution in [0.15, 0.2) is 28.7 Å². The Labute approximate surface area is 132 Å². The summed E-state index contributed by atoms with van der Waals surface area (Å²) in [7, 11) is 0. The lowest BCUT2D eigenvalue weighted by Gasteiger charge is -2.24. The lowest BCUT2D eigenvalue weighted by Crippen LogP contribution is -2.20. The molecule has 1 unspecified atom stereocenters. The molecule has 1 N–H and O–H groups in total. The number of halogens is 1. The van der Waals surface area contributed by atoms with Gasteiger partial charge in [-0.2, -0.15) is 0 Å². The van der Waals surface area contributed by atoms with E-state index in [0.29, 0.717) is 0 Å². The lowest BCUT2D eigenvalue weighted by molar-refractivity contribution is 0.0447. The Kier molecular flexibility index (Phi) is 8.47. The van der Waals surface area contributed by atoms with E-state index in [2.05, 4.69) is 22.9 Å². The Balaban J connectivity index is 2.20. The molecule has 0 aromatic heterocycles. The van der Waals surface area contributed by atoms with Crippen LogP contribution in [0.25, 0.3) is 0 Å².